The molecule has 0 amide bonds. The molecule has 0 saturated carbocycles. The zero-order chi connectivity index (χ0) is 7.56. The molecular weight excluding hydrogens is 215 g/mol. The molecule has 2 N–H and O–H groups in total. The maximum Gasteiger partial charge on any atom is 0.0682 e. The van der Waals surface area contributed by atoms with E-state index in [0.29, 0.717) is 11.6 Å². The van der Waals surface area contributed by atoms with Crippen LogP contribution in [0.2, 0.25) is 5.02 Å². The van der Waals surface area contributed by atoms with Gasteiger partial charge in [-0.25, -0.2) is 0 Å². The van der Waals surface area contributed by atoms with Gasteiger partial charge in [0.2, 0.25) is 0 Å². The molecule has 0 aliphatic heterocycles. The van der Waals surface area contributed by atoms with Crippen LogP contribution < -0.4 is 5.73 Å². The first-order valence-corrected chi connectivity index (χ1v) is 3.91. The summed E-state index contributed by atoms with van der Waals surface area (Å²) in [5.74, 6) is 0. The van der Waals surface area contributed by atoms with E-state index < -0.39 is 0 Å². The van der Waals surface area contributed by atoms with Gasteiger partial charge in [0.1, 0.15) is 0 Å². The fraction of sp³-hybridized carbons (Fsp3) is 0.167. The van der Waals surface area contributed by atoms with Crippen LogP contribution in [0.3, 0.4) is 0 Å². The lowest BCUT2D eigenvalue weighted by molar-refractivity contribution is 0.979. The van der Waals surface area contributed by atoms with Crippen LogP contribution >= 0.6 is 27.5 Å². The molecule has 1 rings (SSSR count). The Hall–Kier alpha value is -0.120. The van der Waals surface area contributed by atoms with E-state index in [4.69, 9.17) is 17.3 Å². The van der Waals surface area contributed by atoms with Crippen LogP contribution in [0.25, 0.3) is 0 Å². The third kappa shape index (κ3) is 1.68. The number of hydrogen-bond donors (Lipinski definition) is 1. The Morgan fingerprint density at radius 3 is 2.90 bits per heavy atom. The summed E-state index contributed by atoms with van der Waals surface area (Å²) in [7, 11) is 0. The van der Waals surface area contributed by atoms with Gasteiger partial charge in [0, 0.05) is 17.2 Å². The first-order chi connectivity index (χ1) is 4.74. The maximum atomic E-state index is 5.64. The molecule has 0 bridgehead atoms. The number of pyridine rings is 1. The van der Waals surface area contributed by atoms with E-state index in [2.05, 4.69) is 20.9 Å². The minimum atomic E-state index is 0.428. The number of nitrogens with two attached hydrogens (primary N) is 1. The third-order valence-electron chi connectivity index (χ3n) is 1.08. The Morgan fingerprint density at radius 1 is 1.70 bits per heavy atom. The van der Waals surface area contributed by atoms with Crippen LogP contribution in [0.4, 0.5) is 0 Å². The van der Waals surface area contributed by atoms with Gasteiger partial charge in [-0.2, -0.15) is 0 Å². The standard InChI is InChI=1S/C6H6BrClN2/c7-5-1-4(8)3-10-6(5)2-9/h1,3H,2,9H2. The van der Waals surface area contributed by atoms with Crippen LogP contribution in [0.15, 0.2) is 16.7 Å². The van der Waals surface area contributed by atoms with Gasteiger partial charge in [0.15, 0.2) is 0 Å². The van der Waals surface area contributed by atoms with Crippen molar-refractivity contribution in [2.75, 3.05) is 0 Å². The van der Waals surface area contributed by atoms with E-state index in [0.717, 1.165) is 10.2 Å². The van der Waals surface area contributed by atoms with Gasteiger partial charge in [-0.1, -0.05) is 11.6 Å². The molecule has 0 atom stereocenters. The normalized spacial score (nSPS) is 9.90. The van der Waals surface area contributed by atoms with E-state index in [1.54, 1.807) is 12.3 Å². The van der Waals surface area contributed by atoms with Crippen LogP contribution in [-0.2, 0) is 6.54 Å². The van der Waals surface area contributed by atoms with Crippen LogP contribution in [0.1, 0.15) is 5.69 Å². The molecular formula is C6H6BrClN2. The van der Waals surface area contributed by atoms with E-state index in [9.17, 15) is 0 Å². The molecule has 10 heavy (non-hydrogen) atoms. The Bertz CT molecular complexity index is 239. The lowest BCUT2D eigenvalue weighted by Gasteiger charge is -1.98. The monoisotopic (exact) mass is 220 g/mol. The number of rotatable bonds is 1. The van der Waals surface area contributed by atoms with Crippen LogP contribution in [0.5, 0.6) is 0 Å². The van der Waals surface area contributed by atoms with E-state index in [1.165, 1.54) is 0 Å². The van der Waals surface area contributed by atoms with Gasteiger partial charge in [0.05, 0.1) is 10.7 Å². The average molecular weight is 221 g/mol. The molecule has 1 aromatic heterocycles. The average Bonchev–Trinajstić information content (AvgIpc) is 1.88. The minimum absolute atomic E-state index is 0.428. The van der Waals surface area contributed by atoms with Crippen molar-refractivity contribution in [1.29, 1.82) is 0 Å². The van der Waals surface area contributed by atoms with E-state index in [1.807, 2.05) is 0 Å². The van der Waals surface area contributed by atoms with Crippen molar-refractivity contribution in [3.8, 4) is 0 Å². The minimum Gasteiger partial charge on any atom is -0.325 e. The Kier molecular flexibility index (Phi) is 2.65. The molecule has 54 valence electrons. The first kappa shape index (κ1) is 7.98. The predicted octanol–water partition coefficient (Wildman–Crippen LogP) is 1.96. The van der Waals surface area contributed by atoms with Gasteiger partial charge >= 0.3 is 0 Å². The summed E-state index contributed by atoms with van der Waals surface area (Å²) in [6.07, 6.45) is 1.58. The summed E-state index contributed by atoms with van der Waals surface area (Å²) < 4.78 is 0.863. The Morgan fingerprint density at radius 2 is 2.40 bits per heavy atom. The second-order valence-electron chi connectivity index (χ2n) is 1.79. The Labute approximate surface area is 72.5 Å². The highest BCUT2D eigenvalue weighted by Crippen LogP contribution is 2.18. The summed E-state index contributed by atoms with van der Waals surface area (Å²) in [6.45, 7) is 0.428. The van der Waals surface area contributed by atoms with Gasteiger partial charge in [-0.15, -0.1) is 0 Å². The van der Waals surface area contributed by atoms with Crippen molar-refractivity contribution < 1.29 is 0 Å². The molecule has 0 aromatic carbocycles. The highest BCUT2D eigenvalue weighted by Gasteiger charge is 1.98. The lowest BCUT2D eigenvalue weighted by Crippen LogP contribution is -1.99. The predicted molar refractivity (Wildman–Crippen MR) is 44.8 cm³/mol. The van der Waals surface area contributed by atoms with E-state index in [-0.39, 0.29) is 0 Å². The van der Waals surface area contributed by atoms with Crippen molar-refractivity contribution in [1.82, 2.24) is 4.98 Å². The highest BCUT2D eigenvalue weighted by atomic mass is 79.9. The van der Waals surface area contributed by atoms with Gasteiger partial charge in [-0.3, -0.25) is 4.98 Å². The summed E-state index contributed by atoms with van der Waals surface area (Å²) in [6, 6.07) is 1.77. The summed E-state index contributed by atoms with van der Waals surface area (Å²) in [5, 5.41) is 0.615. The van der Waals surface area contributed by atoms with Crippen molar-refractivity contribution in [2.45, 2.75) is 6.54 Å². The number of aromatic nitrogens is 1. The van der Waals surface area contributed by atoms with Crippen LogP contribution in [0, 0.1) is 0 Å². The number of halogens is 2. The van der Waals surface area contributed by atoms with Crippen molar-refractivity contribution in [3.05, 3.63) is 27.5 Å². The van der Waals surface area contributed by atoms with Gasteiger partial charge in [0.25, 0.3) is 0 Å². The second-order valence-corrected chi connectivity index (χ2v) is 3.08. The topological polar surface area (TPSA) is 38.9 Å². The number of nitrogens with zero attached hydrogens (tertiary/aromatic N) is 1. The Balaban J connectivity index is 3.07. The molecule has 4 heteroatoms. The number of hydrogen-bond acceptors (Lipinski definition) is 2. The maximum absolute atomic E-state index is 5.64. The SMILES string of the molecule is NCc1ncc(Cl)cc1Br. The van der Waals surface area contributed by atoms with Crippen molar-refractivity contribution >= 4 is 27.5 Å². The van der Waals surface area contributed by atoms with Gasteiger partial charge in [-0.05, 0) is 22.0 Å². The first-order valence-electron chi connectivity index (χ1n) is 2.74. The smallest absolute Gasteiger partial charge is 0.0682 e. The molecule has 0 unspecified atom stereocenters. The molecule has 0 spiro atoms. The zero-order valence-electron chi connectivity index (χ0n) is 5.14. The molecule has 0 aliphatic carbocycles. The quantitative estimate of drug-likeness (QED) is 0.787. The molecule has 0 aliphatic rings. The third-order valence-corrected chi connectivity index (χ3v) is 1.97. The fourth-order valence-corrected chi connectivity index (χ4v) is 1.39. The highest BCUT2D eigenvalue weighted by molar-refractivity contribution is 9.10. The van der Waals surface area contributed by atoms with Crippen molar-refractivity contribution in [3.63, 3.8) is 0 Å². The van der Waals surface area contributed by atoms with E-state index >= 15 is 0 Å². The molecule has 0 fully saturated rings. The molecule has 0 saturated heterocycles. The molecule has 2 nitrogen and oxygen atoms in total. The summed E-state index contributed by atoms with van der Waals surface area (Å²) in [5.41, 5.74) is 6.19. The molecule has 0 radical (unpaired) electrons. The molecule has 1 aromatic rings. The summed E-state index contributed by atoms with van der Waals surface area (Å²) >= 11 is 8.92. The van der Waals surface area contributed by atoms with Crippen molar-refractivity contribution in [2.24, 2.45) is 5.73 Å². The lowest BCUT2D eigenvalue weighted by atomic mass is 10.3. The second kappa shape index (κ2) is 3.32. The summed E-state index contributed by atoms with van der Waals surface area (Å²) in [4.78, 5) is 3.99. The largest absolute Gasteiger partial charge is 0.325 e. The zero-order valence-corrected chi connectivity index (χ0v) is 7.48. The van der Waals surface area contributed by atoms with Gasteiger partial charge < -0.3 is 5.73 Å². The molecule has 1 heterocycles. The van der Waals surface area contributed by atoms with Crippen LogP contribution in [-0.4, -0.2) is 4.98 Å². The fourth-order valence-electron chi connectivity index (χ4n) is 0.593.